The van der Waals surface area contributed by atoms with Gasteiger partial charge in [-0.2, -0.15) is 0 Å². The number of β-amino-alcohol motifs (C(OH)–C–C–N with tert-alkyl or cyclic N) is 1. The van der Waals surface area contributed by atoms with E-state index in [4.69, 9.17) is 4.74 Å². The Kier molecular flexibility index (Phi) is 4.62. The summed E-state index contributed by atoms with van der Waals surface area (Å²) >= 11 is 0. The van der Waals surface area contributed by atoms with Crippen LogP contribution in [0.5, 0.6) is 0 Å². The predicted octanol–water partition coefficient (Wildman–Crippen LogP) is 1.75. The van der Waals surface area contributed by atoms with Gasteiger partial charge in [-0.25, -0.2) is 4.68 Å². The third-order valence-corrected chi connectivity index (χ3v) is 4.81. The molecule has 0 aliphatic carbocycles. The third-order valence-electron chi connectivity index (χ3n) is 4.81. The number of hydrogen-bond donors (Lipinski definition) is 1. The molecule has 7 nitrogen and oxygen atoms in total. The van der Waals surface area contributed by atoms with E-state index in [0.29, 0.717) is 25.3 Å². The Morgan fingerprint density at radius 2 is 2.29 bits per heavy atom. The van der Waals surface area contributed by atoms with Crippen LogP contribution in [0.15, 0.2) is 17.5 Å². The summed E-state index contributed by atoms with van der Waals surface area (Å²) in [4.78, 5) is 14.6. The molecule has 2 aliphatic rings. The molecule has 1 aromatic heterocycles. The maximum absolute atomic E-state index is 12.8. The van der Waals surface area contributed by atoms with Gasteiger partial charge in [0.25, 0.3) is 5.91 Å². The van der Waals surface area contributed by atoms with E-state index < -0.39 is 5.60 Å². The zero-order chi connectivity index (χ0) is 17.3. The number of amides is 1. The molecule has 1 atom stereocenters. The van der Waals surface area contributed by atoms with Gasteiger partial charge >= 0.3 is 0 Å². The molecule has 1 amide bonds. The van der Waals surface area contributed by atoms with E-state index in [9.17, 15) is 9.90 Å². The lowest BCUT2D eigenvalue weighted by Gasteiger charge is -2.25. The molecule has 7 heteroatoms. The Labute approximate surface area is 142 Å². The van der Waals surface area contributed by atoms with Crippen LogP contribution in [0, 0.1) is 0 Å². The number of carbonyl (C=O) groups excluding carboxylic acids is 1. The summed E-state index contributed by atoms with van der Waals surface area (Å²) in [6.07, 6.45) is 4.60. The highest BCUT2D eigenvalue weighted by atomic mass is 16.5. The van der Waals surface area contributed by atoms with E-state index in [1.807, 2.05) is 20.8 Å². The van der Waals surface area contributed by atoms with Gasteiger partial charge in [0.2, 0.25) is 0 Å². The lowest BCUT2D eigenvalue weighted by Crippen LogP contribution is -2.36. The quantitative estimate of drug-likeness (QED) is 0.907. The monoisotopic (exact) mass is 334 g/mol. The second-order valence-electron chi connectivity index (χ2n) is 6.89. The number of hydrogen-bond acceptors (Lipinski definition) is 5. The average Bonchev–Trinajstić information content (AvgIpc) is 3.22. The van der Waals surface area contributed by atoms with Crippen LogP contribution in [0.1, 0.15) is 58.2 Å². The van der Waals surface area contributed by atoms with Gasteiger partial charge in [-0.15, -0.1) is 5.10 Å². The van der Waals surface area contributed by atoms with Gasteiger partial charge in [0.15, 0.2) is 0 Å². The first-order valence-corrected chi connectivity index (χ1v) is 8.73. The summed E-state index contributed by atoms with van der Waals surface area (Å²) in [5.74, 6) is 0.783. The summed E-state index contributed by atoms with van der Waals surface area (Å²) in [5, 5.41) is 19.1. The largest absolute Gasteiger partial charge is 0.497 e. The van der Waals surface area contributed by atoms with Gasteiger partial charge in [-0.05, 0) is 26.7 Å². The summed E-state index contributed by atoms with van der Waals surface area (Å²) in [7, 11) is 0. The number of nitrogens with zero attached hydrogens (tertiary/aromatic N) is 4. The number of aromatic nitrogens is 3. The molecule has 1 aromatic rings. The predicted molar refractivity (Wildman–Crippen MR) is 88.0 cm³/mol. The first-order valence-electron chi connectivity index (χ1n) is 8.73. The molecule has 2 aliphatic heterocycles. The van der Waals surface area contributed by atoms with E-state index in [1.54, 1.807) is 15.8 Å². The van der Waals surface area contributed by atoms with Crippen molar-refractivity contribution >= 4 is 5.91 Å². The lowest BCUT2D eigenvalue weighted by molar-refractivity contribution is -0.128. The van der Waals surface area contributed by atoms with E-state index >= 15 is 0 Å². The molecule has 132 valence electrons. The van der Waals surface area contributed by atoms with Gasteiger partial charge in [0.05, 0.1) is 24.9 Å². The van der Waals surface area contributed by atoms with Crippen LogP contribution < -0.4 is 0 Å². The van der Waals surface area contributed by atoms with Crippen molar-refractivity contribution in [2.45, 2.75) is 58.1 Å². The van der Waals surface area contributed by atoms with Crippen LogP contribution in [0.25, 0.3) is 0 Å². The molecule has 3 rings (SSSR count). The van der Waals surface area contributed by atoms with Crippen LogP contribution in [-0.4, -0.2) is 50.6 Å². The van der Waals surface area contributed by atoms with E-state index in [1.165, 1.54) is 0 Å². The Morgan fingerprint density at radius 1 is 1.50 bits per heavy atom. The lowest BCUT2D eigenvalue weighted by atomic mass is 10.00. The number of ether oxygens (including phenoxy) is 1. The number of rotatable bonds is 4. The minimum Gasteiger partial charge on any atom is -0.497 e. The van der Waals surface area contributed by atoms with Crippen molar-refractivity contribution < 1.29 is 14.6 Å². The molecule has 0 aromatic carbocycles. The van der Waals surface area contributed by atoms with Crippen molar-refractivity contribution in [3.63, 3.8) is 0 Å². The smallest absolute Gasteiger partial charge is 0.253 e. The molecule has 1 fully saturated rings. The van der Waals surface area contributed by atoms with Crippen LogP contribution in [-0.2, 0) is 15.1 Å². The first-order chi connectivity index (χ1) is 11.4. The van der Waals surface area contributed by atoms with E-state index in [-0.39, 0.29) is 18.5 Å². The Hall–Kier alpha value is -1.89. The van der Waals surface area contributed by atoms with Crippen LogP contribution >= 0.6 is 0 Å². The van der Waals surface area contributed by atoms with Gasteiger partial charge < -0.3 is 14.7 Å². The normalized spacial score (nSPS) is 24.6. The summed E-state index contributed by atoms with van der Waals surface area (Å²) in [6.45, 7) is 7.47. The summed E-state index contributed by atoms with van der Waals surface area (Å²) in [5.41, 5.74) is 0.181. The first kappa shape index (κ1) is 17.0. The fraction of sp³-hybridized carbons (Fsp3) is 0.706. The molecular formula is C17H26N4O3. The van der Waals surface area contributed by atoms with Crippen molar-refractivity contribution in [3.05, 3.63) is 23.2 Å². The topological polar surface area (TPSA) is 80.5 Å². The zero-order valence-electron chi connectivity index (χ0n) is 14.7. The molecule has 24 heavy (non-hydrogen) atoms. The average molecular weight is 334 g/mol. The maximum atomic E-state index is 12.8. The summed E-state index contributed by atoms with van der Waals surface area (Å²) in [6, 6.07) is 0.186. The number of carbonyl (C=O) groups is 1. The fourth-order valence-corrected chi connectivity index (χ4v) is 3.32. The van der Waals surface area contributed by atoms with Crippen molar-refractivity contribution in [1.82, 2.24) is 19.9 Å². The van der Waals surface area contributed by atoms with Gasteiger partial charge in [-0.1, -0.05) is 12.1 Å². The standard InChI is InChI=1S/C17H26N4O3/c1-4-14-13(6-5-9-24-14)16(22)20-8-7-17(23,11-20)15-10-21(12(2)3)19-18-15/h10,12,23H,4-9,11H2,1-3H3/t17-/m1/s1. The fourth-order valence-electron chi connectivity index (χ4n) is 3.32. The summed E-state index contributed by atoms with van der Waals surface area (Å²) < 4.78 is 7.36. The second kappa shape index (κ2) is 6.55. The molecule has 0 unspecified atom stereocenters. The highest BCUT2D eigenvalue weighted by Crippen LogP contribution is 2.33. The molecule has 1 saturated heterocycles. The molecule has 0 radical (unpaired) electrons. The minimum absolute atomic E-state index is 0.0151. The van der Waals surface area contributed by atoms with Crippen molar-refractivity contribution in [2.24, 2.45) is 0 Å². The number of likely N-dealkylation sites (tertiary alicyclic amines) is 1. The molecule has 1 N–H and O–H groups in total. The van der Waals surface area contributed by atoms with Crippen LogP contribution in [0.3, 0.4) is 0 Å². The van der Waals surface area contributed by atoms with Crippen LogP contribution in [0.2, 0.25) is 0 Å². The van der Waals surface area contributed by atoms with E-state index in [0.717, 1.165) is 30.6 Å². The molecule has 0 bridgehead atoms. The minimum atomic E-state index is -1.12. The molecule has 3 heterocycles. The third kappa shape index (κ3) is 3.05. The van der Waals surface area contributed by atoms with Gasteiger partial charge in [0.1, 0.15) is 17.1 Å². The highest BCUT2D eigenvalue weighted by molar-refractivity contribution is 5.94. The molecule has 0 saturated carbocycles. The molecule has 0 spiro atoms. The SMILES string of the molecule is CCC1=C(C(=O)N2CC[C@](O)(c3cn(C(C)C)nn3)C2)CCCO1. The number of allylic oxidation sites excluding steroid dienone is 1. The Morgan fingerprint density at radius 3 is 2.96 bits per heavy atom. The van der Waals surface area contributed by atoms with Crippen molar-refractivity contribution in [2.75, 3.05) is 19.7 Å². The number of aliphatic hydroxyl groups is 1. The van der Waals surface area contributed by atoms with Gasteiger partial charge in [-0.3, -0.25) is 4.79 Å². The van der Waals surface area contributed by atoms with E-state index in [2.05, 4.69) is 10.3 Å². The Bertz CT molecular complexity index is 652. The van der Waals surface area contributed by atoms with Crippen LogP contribution in [0.4, 0.5) is 0 Å². The maximum Gasteiger partial charge on any atom is 0.253 e. The second-order valence-corrected chi connectivity index (χ2v) is 6.89. The highest BCUT2D eigenvalue weighted by Gasteiger charge is 2.43. The molecular weight excluding hydrogens is 308 g/mol. The van der Waals surface area contributed by atoms with Crippen molar-refractivity contribution in [3.8, 4) is 0 Å². The zero-order valence-corrected chi connectivity index (χ0v) is 14.7. The Balaban J connectivity index is 1.76. The van der Waals surface area contributed by atoms with Crippen molar-refractivity contribution in [1.29, 1.82) is 0 Å². The van der Waals surface area contributed by atoms with Gasteiger partial charge in [0, 0.05) is 25.4 Å².